The van der Waals surface area contributed by atoms with Gasteiger partial charge in [0, 0.05) is 55.0 Å². The van der Waals surface area contributed by atoms with E-state index >= 15 is 0 Å². The Hall–Kier alpha value is -2.47. The van der Waals surface area contributed by atoms with Crippen LogP contribution in [0.15, 0.2) is 83.3 Å². The van der Waals surface area contributed by atoms with E-state index in [1.165, 1.54) is 11.1 Å². The molecule has 30 heavy (non-hydrogen) atoms. The van der Waals surface area contributed by atoms with Crippen molar-refractivity contribution >= 4 is 27.5 Å². The zero-order valence-corrected chi connectivity index (χ0v) is 18.5. The van der Waals surface area contributed by atoms with Crippen molar-refractivity contribution in [3.63, 3.8) is 0 Å². The van der Waals surface area contributed by atoms with Gasteiger partial charge in [0.25, 0.3) is 5.91 Å². The highest BCUT2D eigenvalue weighted by molar-refractivity contribution is 9.10. The van der Waals surface area contributed by atoms with Crippen LogP contribution in [-0.2, 0) is 13.1 Å². The lowest BCUT2D eigenvalue weighted by Gasteiger charge is -2.34. The van der Waals surface area contributed by atoms with Gasteiger partial charge in [-0.3, -0.25) is 14.6 Å². The fraction of sp³-hybridized carbons (Fsp3) is 0.240. The van der Waals surface area contributed by atoms with E-state index in [4.69, 9.17) is 0 Å². The molecule has 154 valence electrons. The lowest BCUT2D eigenvalue weighted by atomic mass is 10.1. The minimum Gasteiger partial charge on any atom is -0.322 e. The number of piperazine rings is 1. The first-order valence-electron chi connectivity index (χ1n) is 10.3. The molecule has 0 radical (unpaired) electrons. The maximum absolute atomic E-state index is 12.5. The lowest BCUT2D eigenvalue weighted by Crippen LogP contribution is -2.45. The summed E-state index contributed by atoms with van der Waals surface area (Å²) >= 11 is 3.43. The minimum absolute atomic E-state index is 0.0887. The highest BCUT2D eigenvalue weighted by Gasteiger charge is 2.17. The molecule has 1 aliphatic rings. The molecule has 3 aromatic carbocycles. The fourth-order valence-corrected chi connectivity index (χ4v) is 4.14. The monoisotopic (exact) mass is 463 g/mol. The Bertz CT molecular complexity index is 967. The summed E-state index contributed by atoms with van der Waals surface area (Å²) < 4.78 is 0.944. The maximum Gasteiger partial charge on any atom is 0.255 e. The van der Waals surface area contributed by atoms with Crippen LogP contribution in [0, 0.1) is 0 Å². The summed E-state index contributed by atoms with van der Waals surface area (Å²) in [5.41, 5.74) is 4.08. The Morgan fingerprint density at radius 1 is 0.767 bits per heavy atom. The zero-order chi connectivity index (χ0) is 20.8. The number of rotatable bonds is 6. The van der Waals surface area contributed by atoms with Crippen molar-refractivity contribution in [1.29, 1.82) is 0 Å². The number of halogens is 1. The number of carbonyl (C=O) groups is 1. The number of nitrogens with zero attached hydrogens (tertiary/aromatic N) is 2. The summed E-state index contributed by atoms with van der Waals surface area (Å²) in [6.07, 6.45) is 0. The number of amides is 1. The average Bonchev–Trinajstić information content (AvgIpc) is 2.76. The first-order chi connectivity index (χ1) is 14.7. The summed E-state index contributed by atoms with van der Waals surface area (Å²) in [6.45, 7) is 6.25. The number of hydrogen-bond acceptors (Lipinski definition) is 3. The van der Waals surface area contributed by atoms with Crippen molar-refractivity contribution in [3.05, 3.63) is 100 Å². The number of hydrogen-bond donors (Lipinski definition) is 1. The van der Waals surface area contributed by atoms with Crippen LogP contribution in [0.25, 0.3) is 0 Å². The van der Waals surface area contributed by atoms with Gasteiger partial charge in [-0.1, -0.05) is 64.5 Å². The van der Waals surface area contributed by atoms with Crippen molar-refractivity contribution in [2.75, 3.05) is 31.5 Å². The standard InChI is InChI=1S/C25H26BrN3O/c26-23-7-4-8-24(17-23)27-25(30)22-11-9-21(10-12-22)19-29-15-13-28(14-16-29)18-20-5-2-1-3-6-20/h1-12,17H,13-16,18-19H2,(H,27,30). The molecule has 4 nitrogen and oxygen atoms in total. The molecule has 4 rings (SSSR count). The quantitative estimate of drug-likeness (QED) is 0.557. The van der Waals surface area contributed by atoms with Gasteiger partial charge in [0.2, 0.25) is 0 Å². The van der Waals surface area contributed by atoms with Crippen molar-refractivity contribution in [2.24, 2.45) is 0 Å². The molecule has 0 spiro atoms. The third kappa shape index (κ3) is 5.79. The average molecular weight is 464 g/mol. The van der Waals surface area contributed by atoms with E-state index in [-0.39, 0.29) is 5.91 Å². The van der Waals surface area contributed by atoms with Crippen molar-refractivity contribution in [2.45, 2.75) is 13.1 Å². The molecular formula is C25H26BrN3O. The third-order valence-corrected chi connectivity index (χ3v) is 5.91. The van der Waals surface area contributed by atoms with Crippen LogP contribution < -0.4 is 5.32 Å². The first kappa shape index (κ1) is 20.8. The third-order valence-electron chi connectivity index (χ3n) is 5.42. The summed E-state index contributed by atoms with van der Waals surface area (Å²) in [6, 6.07) is 26.2. The molecular weight excluding hydrogens is 438 g/mol. The summed E-state index contributed by atoms with van der Waals surface area (Å²) in [5, 5.41) is 2.94. The lowest BCUT2D eigenvalue weighted by molar-refractivity contribution is 0.102. The van der Waals surface area contributed by atoms with Crippen LogP contribution in [0.3, 0.4) is 0 Å². The molecule has 0 atom stereocenters. The number of nitrogens with one attached hydrogen (secondary N) is 1. The van der Waals surface area contributed by atoms with Crippen LogP contribution in [0.2, 0.25) is 0 Å². The van der Waals surface area contributed by atoms with Crippen LogP contribution in [-0.4, -0.2) is 41.9 Å². The van der Waals surface area contributed by atoms with E-state index in [0.29, 0.717) is 5.56 Å². The van der Waals surface area contributed by atoms with E-state index in [0.717, 1.165) is 49.4 Å². The van der Waals surface area contributed by atoms with E-state index in [1.807, 2.05) is 36.4 Å². The van der Waals surface area contributed by atoms with Crippen molar-refractivity contribution in [3.8, 4) is 0 Å². The predicted octanol–water partition coefficient (Wildman–Crippen LogP) is 5.02. The molecule has 0 aromatic heterocycles. The van der Waals surface area contributed by atoms with Gasteiger partial charge in [0.05, 0.1) is 0 Å². The Balaban J connectivity index is 1.26. The van der Waals surface area contributed by atoms with Gasteiger partial charge >= 0.3 is 0 Å². The van der Waals surface area contributed by atoms with Crippen molar-refractivity contribution in [1.82, 2.24) is 9.80 Å². The summed E-state index contributed by atoms with van der Waals surface area (Å²) in [7, 11) is 0. The van der Waals surface area contributed by atoms with E-state index in [1.54, 1.807) is 0 Å². The van der Waals surface area contributed by atoms with Gasteiger partial charge in [0.1, 0.15) is 0 Å². The van der Waals surface area contributed by atoms with E-state index in [2.05, 4.69) is 73.5 Å². The Morgan fingerprint density at radius 2 is 1.37 bits per heavy atom. The second-order valence-corrected chi connectivity index (χ2v) is 8.61. The molecule has 1 N–H and O–H groups in total. The second-order valence-electron chi connectivity index (χ2n) is 7.70. The predicted molar refractivity (Wildman–Crippen MR) is 126 cm³/mol. The van der Waals surface area contributed by atoms with E-state index < -0.39 is 0 Å². The Kier molecular flexibility index (Phi) is 6.95. The van der Waals surface area contributed by atoms with Crippen LogP contribution in [0.4, 0.5) is 5.69 Å². The molecule has 1 heterocycles. The van der Waals surface area contributed by atoms with Crippen LogP contribution >= 0.6 is 15.9 Å². The van der Waals surface area contributed by atoms with Crippen LogP contribution in [0.1, 0.15) is 21.5 Å². The molecule has 0 saturated carbocycles. The molecule has 1 aliphatic heterocycles. The van der Waals surface area contributed by atoms with Crippen LogP contribution in [0.5, 0.6) is 0 Å². The Morgan fingerprint density at radius 3 is 1.97 bits per heavy atom. The van der Waals surface area contributed by atoms with Gasteiger partial charge in [-0.15, -0.1) is 0 Å². The number of carbonyl (C=O) groups excluding carboxylic acids is 1. The van der Waals surface area contributed by atoms with Gasteiger partial charge in [-0.25, -0.2) is 0 Å². The topological polar surface area (TPSA) is 35.6 Å². The molecule has 0 unspecified atom stereocenters. The Labute approximate surface area is 186 Å². The van der Waals surface area contributed by atoms with Crippen molar-refractivity contribution < 1.29 is 4.79 Å². The molecule has 0 aliphatic carbocycles. The molecule has 1 fully saturated rings. The maximum atomic E-state index is 12.5. The molecule has 1 saturated heterocycles. The normalized spacial score (nSPS) is 15.1. The van der Waals surface area contributed by atoms with E-state index in [9.17, 15) is 4.79 Å². The minimum atomic E-state index is -0.0887. The highest BCUT2D eigenvalue weighted by Crippen LogP contribution is 2.17. The van der Waals surface area contributed by atoms with Gasteiger partial charge in [0.15, 0.2) is 0 Å². The summed E-state index contributed by atoms with van der Waals surface area (Å²) in [5.74, 6) is -0.0887. The van der Waals surface area contributed by atoms with Gasteiger partial charge < -0.3 is 5.32 Å². The molecule has 5 heteroatoms. The fourth-order valence-electron chi connectivity index (χ4n) is 3.74. The summed E-state index contributed by atoms with van der Waals surface area (Å²) in [4.78, 5) is 17.5. The first-order valence-corrected chi connectivity index (χ1v) is 11.1. The zero-order valence-electron chi connectivity index (χ0n) is 16.9. The number of benzene rings is 3. The number of anilines is 1. The molecule has 3 aromatic rings. The SMILES string of the molecule is O=C(Nc1cccc(Br)c1)c1ccc(CN2CCN(Cc3ccccc3)CC2)cc1. The molecule has 1 amide bonds. The molecule has 0 bridgehead atoms. The van der Waals surface area contributed by atoms with Gasteiger partial charge in [-0.2, -0.15) is 0 Å². The van der Waals surface area contributed by atoms with Gasteiger partial charge in [-0.05, 0) is 41.5 Å². The highest BCUT2D eigenvalue weighted by atomic mass is 79.9. The largest absolute Gasteiger partial charge is 0.322 e. The second kappa shape index (κ2) is 10.0. The smallest absolute Gasteiger partial charge is 0.255 e.